The topological polar surface area (TPSA) is 66.8 Å². The van der Waals surface area contributed by atoms with Crippen LogP contribution >= 0.6 is 7.82 Å². The Morgan fingerprint density at radius 2 is 0.973 bits per heavy atom. The third kappa shape index (κ3) is 7.79. The molecule has 0 radical (unpaired) electrons. The van der Waals surface area contributed by atoms with Crippen LogP contribution in [0.5, 0.6) is 0 Å². The number of phosphoric acid groups is 1. The maximum atomic E-state index is 12.0. The molecule has 2 rings (SSSR count). The normalized spacial score (nSPS) is 14.0. The van der Waals surface area contributed by atoms with Crippen molar-refractivity contribution in [3.63, 3.8) is 0 Å². The van der Waals surface area contributed by atoms with Gasteiger partial charge < -0.3 is 9.79 Å². The van der Waals surface area contributed by atoms with Gasteiger partial charge in [-0.05, 0) is 80.0 Å². The van der Waals surface area contributed by atoms with Crippen LogP contribution in [-0.4, -0.2) is 16.4 Å². The molecule has 37 heavy (non-hydrogen) atoms. The summed E-state index contributed by atoms with van der Waals surface area (Å²) in [5.74, 6) is -0.334. The second-order valence-electron chi connectivity index (χ2n) is 14.8. The van der Waals surface area contributed by atoms with Crippen LogP contribution in [-0.2, 0) is 30.7 Å². The molecule has 208 valence electrons. The first-order chi connectivity index (χ1) is 16.3. The van der Waals surface area contributed by atoms with E-state index >= 15 is 0 Å². The highest BCUT2D eigenvalue weighted by Crippen LogP contribution is 2.46. The van der Waals surface area contributed by atoms with E-state index in [0.717, 1.165) is 22.3 Å². The Morgan fingerprint density at radius 3 is 1.22 bits per heavy atom. The standard InChI is InChI=1S/C32H51O4P/c1-20-15-22(29(3,4)5)17-25(31(9,10)11)27(20)24(19-36-37(33,34)35)28-21(2)16-23(30(6,7)8)18-26(28)32(12,13)14/h15-18,24H,19H2,1-14H3,(H2,33,34,35). The third-order valence-electron chi connectivity index (χ3n) is 7.23. The van der Waals surface area contributed by atoms with E-state index in [1.165, 1.54) is 22.3 Å². The lowest BCUT2D eigenvalue weighted by molar-refractivity contribution is 0.191. The summed E-state index contributed by atoms with van der Waals surface area (Å²) < 4.78 is 17.3. The lowest BCUT2D eigenvalue weighted by atomic mass is 9.69. The molecule has 0 bridgehead atoms. The molecule has 4 nitrogen and oxygen atoms in total. The van der Waals surface area contributed by atoms with E-state index in [9.17, 15) is 14.4 Å². The molecule has 0 aliphatic heterocycles. The molecule has 5 heteroatoms. The minimum Gasteiger partial charge on any atom is -0.303 e. The predicted molar refractivity (Wildman–Crippen MR) is 157 cm³/mol. The van der Waals surface area contributed by atoms with E-state index in [-0.39, 0.29) is 34.2 Å². The maximum Gasteiger partial charge on any atom is 0.469 e. The molecule has 0 heterocycles. The van der Waals surface area contributed by atoms with E-state index in [4.69, 9.17) is 4.52 Å². The molecule has 0 aromatic heterocycles. The molecule has 2 aromatic carbocycles. The average molecular weight is 531 g/mol. The van der Waals surface area contributed by atoms with Gasteiger partial charge in [0.2, 0.25) is 0 Å². The minimum absolute atomic E-state index is 0.0258. The van der Waals surface area contributed by atoms with E-state index in [1.54, 1.807) is 0 Å². The van der Waals surface area contributed by atoms with Crippen molar-refractivity contribution in [1.29, 1.82) is 0 Å². The number of rotatable bonds is 5. The minimum atomic E-state index is -4.67. The van der Waals surface area contributed by atoms with Crippen LogP contribution in [0.1, 0.15) is 134 Å². The molecule has 2 aromatic rings. The monoisotopic (exact) mass is 530 g/mol. The zero-order chi connectivity index (χ0) is 28.9. The van der Waals surface area contributed by atoms with Crippen LogP contribution < -0.4 is 0 Å². The van der Waals surface area contributed by atoms with Crippen molar-refractivity contribution in [3.8, 4) is 0 Å². The van der Waals surface area contributed by atoms with Gasteiger partial charge in [-0.2, -0.15) is 0 Å². The van der Waals surface area contributed by atoms with Gasteiger partial charge in [0.25, 0.3) is 0 Å². The SMILES string of the molecule is Cc1cc(C(C)(C)C)cc(C(C)(C)C)c1C(COP(=O)(O)O)c1c(C)cc(C(C)(C)C)cc1C(C)(C)C. The van der Waals surface area contributed by atoms with Crippen LogP contribution in [0, 0.1) is 13.8 Å². The van der Waals surface area contributed by atoms with Gasteiger partial charge in [0.05, 0.1) is 6.61 Å². The van der Waals surface area contributed by atoms with Crippen molar-refractivity contribution in [1.82, 2.24) is 0 Å². The van der Waals surface area contributed by atoms with Crippen LogP contribution in [0.4, 0.5) is 0 Å². The highest BCUT2D eigenvalue weighted by Gasteiger charge is 2.34. The summed E-state index contributed by atoms with van der Waals surface area (Å²) in [6, 6.07) is 9.07. The first-order valence-corrected chi connectivity index (χ1v) is 14.9. The lowest BCUT2D eigenvalue weighted by Gasteiger charge is -2.36. The Bertz CT molecular complexity index is 1090. The van der Waals surface area contributed by atoms with Gasteiger partial charge in [-0.25, -0.2) is 4.57 Å². The molecular formula is C32H51O4P. The number of phosphoric ester groups is 1. The van der Waals surface area contributed by atoms with Gasteiger partial charge in [0.15, 0.2) is 0 Å². The van der Waals surface area contributed by atoms with E-state index < -0.39 is 7.82 Å². The van der Waals surface area contributed by atoms with E-state index in [1.807, 2.05) is 0 Å². The van der Waals surface area contributed by atoms with Crippen LogP contribution in [0.2, 0.25) is 0 Å². The Morgan fingerprint density at radius 1 is 0.649 bits per heavy atom. The summed E-state index contributed by atoms with van der Waals surface area (Å²) in [4.78, 5) is 19.5. The molecule has 0 saturated carbocycles. The van der Waals surface area contributed by atoms with Crippen LogP contribution in [0.25, 0.3) is 0 Å². The fraction of sp³-hybridized carbons (Fsp3) is 0.625. The van der Waals surface area contributed by atoms with E-state index in [2.05, 4.69) is 121 Å². The third-order valence-corrected chi connectivity index (χ3v) is 7.71. The van der Waals surface area contributed by atoms with Gasteiger partial charge in [-0.1, -0.05) is 107 Å². The Kier molecular flexibility index (Phi) is 8.81. The van der Waals surface area contributed by atoms with Crippen molar-refractivity contribution in [3.05, 3.63) is 68.8 Å². The molecule has 0 aliphatic rings. The predicted octanol–water partition coefficient (Wildman–Crippen LogP) is 8.73. The van der Waals surface area contributed by atoms with Gasteiger partial charge in [-0.3, -0.25) is 4.52 Å². The second kappa shape index (κ2) is 10.3. The summed E-state index contributed by atoms with van der Waals surface area (Å²) in [5, 5.41) is 0. The van der Waals surface area contributed by atoms with Crippen LogP contribution in [0.15, 0.2) is 24.3 Å². The summed E-state index contributed by atoms with van der Waals surface area (Å²) >= 11 is 0. The molecule has 2 N–H and O–H groups in total. The van der Waals surface area contributed by atoms with Crippen molar-refractivity contribution >= 4 is 7.82 Å². The number of benzene rings is 2. The van der Waals surface area contributed by atoms with Gasteiger partial charge in [0, 0.05) is 5.92 Å². The fourth-order valence-corrected chi connectivity index (χ4v) is 5.45. The number of hydrogen-bond acceptors (Lipinski definition) is 2. The fourth-order valence-electron chi connectivity index (χ4n) is 5.11. The molecule has 0 spiro atoms. The van der Waals surface area contributed by atoms with Gasteiger partial charge >= 0.3 is 7.82 Å². The Labute approximate surface area is 226 Å². The molecule has 0 saturated heterocycles. The van der Waals surface area contributed by atoms with Gasteiger partial charge in [-0.15, -0.1) is 0 Å². The lowest BCUT2D eigenvalue weighted by Crippen LogP contribution is -2.26. The molecule has 0 fully saturated rings. The van der Waals surface area contributed by atoms with Crippen LogP contribution in [0.3, 0.4) is 0 Å². The van der Waals surface area contributed by atoms with Crippen molar-refractivity contribution in [2.45, 2.75) is 125 Å². The van der Waals surface area contributed by atoms with Gasteiger partial charge in [0.1, 0.15) is 0 Å². The Balaban J connectivity index is 3.06. The maximum absolute atomic E-state index is 12.0. The van der Waals surface area contributed by atoms with Crippen molar-refractivity contribution in [2.75, 3.05) is 6.61 Å². The highest BCUT2D eigenvalue weighted by atomic mass is 31.2. The summed E-state index contributed by atoms with van der Waals surface area (Å²) in [6.07, 6.45) is 0. The first kappa shape index (κ1) is 31.8. The second-order valence-corrected chi connectivity index (χ2v) is 16.1. The number of hydrogen-bond donors (Lipinski definition) is 2. The molecule has 0 atom stereocenters. The molecule has 0 unspecified atom stereocenters. The van der Waals surface area contributed by atoms with Crippen molar-refractivity contribution in [2.24, 2.45) is 0 Å². The molecule has 0 amide bonds. The quantitative estimate of drug-likeness (QED) is 0.379. The zero-order valence-corrected chi connectivity index (χ0v) is 26.6. The largest absolute Gasteiger partial charge is 0.469 e. The summed E-state index contributed by atoms with van der Waals surface area (Å²) in [5.41, 5.74) is 8.93. The Hall–Kier alpha value is -1.45. The van der Waals surface area contributed by atoms with E-state index in [0.29, 0.717) is 0 Å². The zero-order valence-electron chi connectivity index (χ0n) is 25.8. The first-order valence-electron chi connectivity index (χ1n) is 13.3. The molecular weight excluding hydrogens is 479 g/mol. The highest BCUT2D eigenvalue weighted by molar-refractivity contribution is 7.46. The summed E-state index contributed by atoms with van der Waals surface area (Å²) in [7, 11) is -4.67. The average Bonchev–Trinajstić information content (AvgIpc) is 2.65. The summed E-state index contributed by atoms with van der Waals surface area (Å²) in [6.45, 7) is 30.7. The smallest absolute Gasteiger partial charge is 0.303 e. The molecule has 0 aliphatic carbocycles. The number of aryl methyl sites for hydroxylation is 2. The van der Waals surface area contributed by atoms with Crippen molar-refractivity contribution < 1.29 is 18.9 Å².